The molecule has 2 heterocycles. The number of rotatable bonds is 4. The van der Waals surface area contributed by atoms with Crippen LogP contribution in [0, 0.1) is 0 Å². The minimum Gasteiger partial charge on any atom is -0.372 e. The van der Waals surface area contributed by atoms with E-state index in [-0.39, 0.29) is 0 Å². The summed E-state index contributed by atoms with van der Waals surface area (Å²) in [6.45, 7) is 4.33. The van der Waals surface area contributed by atoms with E-state index in [4.69, 9.17) is 9.84 Å². The smallest absolute Gasteiger partial charge is 0.0968 e. The van der Waals surface area contributed by atoms with Crippen molar-refractivity contribution in [1.82, 2.24) is 9.78 Å². The molecule has 0 bridgehead atoms. The van der Waals surface area contributed by atoms with E-state index in [0.717, 1.165) is 24.2 Å². The van der Waals surface area contributed by atoms with Crippen molar-refractivity contribution in [2.75, 3.05) is 6.61 Å². The second-order valence-electron chi connectivity index (χ2n) is 6.34. The van der Waals surface area contributed by atoms with Gasteiger partial charge >= 0.3 is 0 Å². The summed E-state index contributed by atoms with van der Waals surface area (Å²) in [5.41, 5.74) is 7.01. The Morgan fingerprint density at radius 1 is 1.00 bits per heavy atom. The van der Waals surface area contributed by atoms with Gasteiger partial charge < -0.3 is 4.74 Å². The van der Waals surface area contributed by atoms with Gasteiger partial charge in [0.1, 0.15) is 0 Å². The molecule has 0 aliphatic carbocycles. The monoisotopic (exact) mass is 330 g/mol. The molecule has 0 saturated heterocycles. The molecule has 1 aromatic heterocycles. The third-order valence-electron chi connectivity index (χ3n) is 4.48. The lowest BCUT2D eigenvalue weighted by molar-refractivity contribution is 0.147. The number of fused-ring (bicyclic) bond motifs is 1. The lowest BCUT2D eigenvalue weighted by Crippen LogP contribution is -2.08. The van der Waals surface area contributed by atoms with Crippen LogP contribution in [0.5, 0.6) is 0 Å². The Balaban J connectivity index is 1.85. The molecule has 0 saturated carbocycles. The molecule has 0 radical (unpaired) electrons. The first kappa shape index (κ1) is 15.9. The molecule has 1 aliphatic rings. The molecule has 0 N–H and O–H groups in total. The molecule has 3 aromatic rings. The molecule has 1 aliphatic heterocycles. The predicted molar refractivity (Wildman–Crippen MR) is 102 cm³/mol. The third-order valence-corrected chi connectivity index (χ3v) is 4.48. The maximum Gasteiger partial charge on any atom is 0.0968 e. The average molecular weight is 330 g/mol. The molecule has 0 unspecified atom stereocenters. The molecule has 0 spiro atoms. The lowest BCUT2D eigenvalue weighted by Gasteiger charge is -2.16. The normalized spacial score (nSPS) is 15.3. The van der Waals surface area contributed by atoms with Gasteiger partial charge in [-0.05, 0) is 18.1 Å². The van der Waals surface area contributed by atoms with Gasteiger partial charge in [0.25, 0.3) is 0 Å². The van der Waals surface area contributed by atoms with Crippen LogP contribution >= 0.6 is 0 Å². The summed E-state index contributed by atoms with van der Waals surface area (Å²) in [6.07, 6.45) is 3.25. The van der Waals surface area contributed by atoms with Gasteiger partial charge in [-0.2, -0.15) is 5.10 Å². The van der Waals surface area contributed by atoms with Crippen LogP contribution in [0.25, 0.3) is 22.9 Å². The highest BCUT2D eigenvalue weighted by molar-refractivity contribution is 5.85. The van der Waals surface area contributed by atoms with Crippen LogP contribution in [0.3, 0.4) is 0 Å². The summed E-state index contributed by atoms with van der Waals surface area (Å²) in [7, 11) is 0. The van der Waals surface area contributed by atoms with Gasteiger partial charge in [0.05, 0.1) is 24.6 Å². The van der Waals surface area contributed by atoms with Gasteiger partial charge in [0.2, 0.25) is 0 Å². The Morgan fingerprint density at radius 3 is 2.44 bits per heavy atom. The van der Waals surface area contributed by atoms with Crippen molar-refractivity contribution in [3.63, 3.8) is 0 Å². The zero-order valence-corrected chi connectivity index (χ0v) is 14.5. The molecule has 25 heavy (non-hydrogen) atoms. The van der Waals surface area contributed by atoms with Crippen molar-refractivity contribution in [3.8, 4) is 11.3 Å². The van der Waals surface area contributed by atoms with E-state index in [9.17, 15) is 0 Å². The number of hydrogen-bond acceptors (Lipinski definition) is 2. The van der Waals surface area contributed by atoms with Gasteiger partial charge in [0.15, 0.2) is 0 Å². The first-order valence-corrected chi connectivity index (χ1v) is 8.85. The summed E-state index contributed by atoms with van der Waals surface area (Å²) in [5, 5.41) is 4.96. The Labute approximate surface area is 148 Å². The molecule has 3 nitrogen and oxygen atoms in total. The lowest BCUT2D eigenvalue weighted by atomic mass is 9.99. The van der Waals surface area contributed by atoms with Crippen molar-refractivity contribution in [3.05, 3.63) is 77.5 Å². The van der Waals surface area contributed by atoms with Crippen LogP contribution in [0.2, 0.25) is 0 Å². The maximum atomic E-state index is 5.91. The molecule has 0 atom stereocenters. The number of aromatic nitrogens is 2. The zero-order chi connectivity index (χ0) is 17.1. The van der Waals surface area contributed by atoms with E-state index in [2.05, 4.69) is 66.2 Å². The van der Waals surface area contributed by atoms with Crippen LogP contribution in [0.15, 0.2) is 60.7 Å². The third kappa shape index (κ3) is 3.15. The van der Waals surface area contributed by atoms with Gasteiger partial charge in [-0.3, -0.25) is 4.68 Å². The fourth-order valence-corrected chi connectivity index (χ4v) is 3.38. The Morgan fingerprint density at radius 2 is 1.72 bits per heavy atom. The van der Waals surface area contributed by atoms with Crippen molar-refractivity contribution in [2.45, 2.75) is 26.5 Å². The van der Waals surface area contributed by atoms with Crippen LogP contribution in [0.1, 0.15) is 30.2 Å². The topological polar surface area (TPSA) is 27.1 Å². The molecule has 2 aromatic carbocycles. The molecule has 3 heteroatoms. The highest BCUT2D eigenvalue weighted by atomic mass is 16.5. The van der Waals surface area contributed by atoms with E-state index in [1.807, 2.05) is 12.1 Å². The second-order valence-corrected chi connectivity index (χ2v) is 6.34. The number of aryl methyl sites for hydroxylation is 1. The Hall–Kier alpha value is -2.65. The van der Waals surface area contributed by atoms with Crippen molar-refractivity contribution in [1.29, 1.82) is 0 Å². The first-order chi connectivity index (χ1) is 12.4. The Bertz CT molecular complexity index is 879. The van der Waals surface area contributed by atoms with Gasteiger partial charge in [-0.25, -0.2) is 0 Å². The standard InChI is InChI=1S/C22H22N2O/c1-2-13-24-22(18-11-7-4-8-12-18)20-16-25-15-19(21(20)23-24)14-17-9-5-3-6-10-17/h3-12,14H,2,13,15-16H2,1H3. The minimum absolute atomic E-state index is 0.610. The predicted octanol–water partition coefficient (Wildman–Crippen LogP) is 5.03. The second kappa shape index (κ2) is 7.08. The first-order valence-electron chi connectivity index (χ1n) is 8.85. The van der Waals surface area contributed by atoms with Gasteiger partial charge in [0, 0.05) is 23.2 Å². The minimum atomic E-state index is 0.610. The van der Waals surface area contributed by atoms with E-state index >= 15 is 0 Å². The largest absolute Gasteiger partial charge is 0.372 e. The number of nitrogens with zero attached hydrogens (tertiary/aromatic N) is 2. The molecule has 0 amide bonds. The number of benzene rings is 2. The van der Waals surface area contributed by atoms with Crippen LogP contribution in [-0.4, -0.2) is 16.4 Å². The molecule has 0 fully saturated rings. The molecular weight excluding hydrogens is 308 g/mol. The average Bonchev–Trinajstić information content (AvgIpc) is 3.03. The quantitative estimate of drug-likeness (QED) is 0.671. The van der Waals surface area contributed by atoms with E-state index in [1.165, 1.54) is 22.4 Å². The summed E-state index contributed by atoms with van der Waals surface area (Å²) in [5.74, 6) is 0. The van der Waals surface area contributed by atoms with E-state index < -0.39 is 0 Å². The van der Waals surface area contributed by atoms with Crippen molar-refractivity contribution < 1.29 is 4.74 Å². The fraction of sp³-hybridized carbons (Fsp3) is 0.227. The maximum absolute atomic E-state index is 5.91. The summed E-state index contributed by atoms with van der Waals surface area (Å²) in [4.78, 5) is 0. The molecule has 4 rings (SSSR count). The fourth-order valence-electron chi connectivity index (χ4n) is 3.38. The molecule has 126 valence electrons. The summed E-state index contributed by atoms with van der Waals surface area (Å²) < 4.78 is 8.06. The number of hydrogen-bond donors (Lipinski definition) is 0. The van der Waals surface area contributed by atoms with Gasteiger partial charge in [-0.15, -0.1) is 0 Å². The van der Waals surface area contributed by atoms with Crippen LogP contribution in [0.4, 0.5) is 0 Å². The number of ether oxygens (including phenoxy) is 1. The van der Waals surface area contributed by atoms with E-state index in [0.29, 0.717) is 13.2 Å². The summed E-state index contributed by atoms with van der Waals surface area (Å²) in [6, 6.07) is 20.9. The van der Waals surface area contributed by atoms with Crippen LogP contribution < -0.4 is 0 Å². The van der Waals surface area contributed by atoms with Gasteiger partial charge in [-0.1, -0.05) is 67.6 Å². The van der Waals surface area contributed by atoms with E-state index in [1.54, 1.807) is 0 Å². The van der Waals surface area contributed by atoms with Crippen LogP contribution in [-0.2, 0) is 17.9 Å². The SMILES string of the molecule is CCCn1nc2c(c1-c1ccccc1)COCC2=Cc1ccccc1. The highest BCUT2D eigenvalue weighted by Gasteiger charge is 2.25. The highest BCUT2D eigenvalue weighted by Crippen LogP contribution is 2.34. The molecular formula is C22H22N2O. The van der Waals surface area contributed by atoms with Crippen molar-refractivity contribution in [2.24, 2.45) is 0 Å². The zero-order valence-electron chi connectivity index (χ0n) is 14.5. The summed E-state index contributed by atoms with van der Waals surface area (Å²) >= 11 is 0. The van der Waals surface area contributed by atoms with Crippen molar-refractivity contribution >= 4 is 11.6 Å². The Kier molecular flexibility index (Phi) is 4.49.